The molecule has 33 heavy (non-hydrogen) atoms. The number of ether oxygens (including phenoxy) is 1. The van der Waals surface area contributed by atoms with Crippen molar-refractivity contribution in [2.75, 3.05) is 31.1 Å². The molecule has 10 nitrogen and oxygen atoms in total. The normalized spacial score (nSPS) is 15.5. The van der Waals surface area contributed by atoms with Crippen LogP contribution in [0.4, 0.5) is 14.9 Å². The number of aliphatic hydroxyl groups is 1. The van der Waals surface area contributed by atoms with Crippen molar-refractivity contribution in [1.82, 2.24) is 20.0 Å². The van der Waals surface area contributed by atoms with Crippen LogP contribution in [0.5, 0.6) is 0 Å². The highest BCUT2D eigenvalue weighted by Crippen LogP contribution is 2.29. The molecule has 3 aromatic rings. The monoisotopic (exact) mass is 455 g/mol. The number of nitrogens with zero attached hydrogens (tertiary/aromatic N) is 3. The number of cyclic esters (lactones) is 1. The van der Waals surface area contributed by atoms with Crippen molar-refractivity contribution in [3.8, 4) is 11.1 Å². The molecule has 0 aliphatic carbocycles. The molecule has 0 unspecified atom stereocenters. The number of pyridine rings is 1. The number of anilines is 1. The Kier molecular flexibility index (Phi) is 6.22. The van der Waals surface area contributed by atoms with Gasteiger partial charge in [-0.1, -0.05) is 0 Å². The summed E-state index contributed by atoms with van der Waals surface area (Å²) in [5.74, 6) is -1.15. The Morgan fingerprint density at radius 3 is 2.82 bits per heavy atom. The number of fused-ring (bicyclic) bond motifs is 1. The number of hydrogen-bond donors (Lipinski definition) is 3. The zero-order valence-corrected chi connectivity index (χ0v) is 17.7. The molecular formula is C22H22FN5O5. The standard InChI is InChI=1S/C22H22FN5O5/c1-13(30)25-10-16-12-28(22(32)33-16)15-2-3-17(18(23)9-15)14-4-6-27-19(11-26-20(27)8-14)21(31)24-5-7-29/h2-4,6,8-9,11,16,29H,5,7,10,12H2,1H3,(H,24,31)(H,25,30)/t16-/m0/s1. The van der Waals surface area contributed by atoms with Gasteiger partial charge in [-0.05, 0) is 35.9 Å². The van der Waals surface area contributed by atoms with Crippen LogP contribution in [-0.4, -0.2) is 64.7 Å². The molecule has 0 bridgehead atoms. The molecule has 1 aromatic carbocycles. The molecule has 3 amide bonds. The lowest BCUT2D eigenvalue weighted by Crippen LogP contribution is -2.33. The lowest BCUT2D eigenvalue weighted by atomic mass is 10.1. The highest BCUT2D eigenvalue weighted by molar-refractivity contribution is 5.93. The summed E-state index contributed by atoms with van der Waals surface area (Å²) in [6.07, 6.45) is 1.89. The number of amides is 3. The molecule has 1 aliphatic rings. The summed E-state index contributed by atoms with van der Waals surface area (Å²) in [5, 5.41) is 14.0. The van der Waals surface area contributed by atoms with Gasteiger partial charge in [0, 0.05) is 25.2 Å². The first-order chi connectivity index (χ1) is 15.9. The predicted octanol–water partition coefficient (Wildman–Crippen LogP) is 1.32. The second kappa shape index (κ2) is 9.25. The molecular weight excluding hydrogens is 433 g/mol. The number of carbonyl (C=O) groups excluding carboxylic acids is 3. The average Bonchev–Trinajstić information content (AvgIpc) is 3.38. The third-order valence-electron chi connectivity index (χ3n) is 5.17. The second-order valence-electron chi connectivity index (χ2n) is 7.48. The number of imidazole rings is 1. The van der Waals surface area contributed by atoms with E-state index in [2.05, 4.69) is 15.6 Å². The summed E-state index contributed by atoms with van der Waals surface area (Å²) < 4.78 is 21.8. The Bertz CT molecular complexity index is 1230. The zero-order chi connectivity index (χ0) is 23.5. The minimum atomic E-state index is -0.608. The molecule has 3 heterocycles. The van der Waals surface area contributed by atoms with Crippen molar-refractivity contribution in [1.29, 1.82) is 0 Å². The first kappa shape index (κ1) is 22.2. The van der Waals surface area contributed by atoms with Gasteiger partial charge in [0.1, 0.15) is 23.3 Å². The average molecular weight is 455 g/mol. The van der Waals surface area contributed by atoms with Gasteiger partial charge in [-0.2, -0.15) is 0 Å². The SMILES string of the molecule is CC(=O)NC[C@H]1CN(c2ccc(-c3ccn4c(C(=O)NCCO)cnc4c3)c(F)c2)C(=O)O1. The van der Waals surface area contributed by atoms with Crippen molar-refractivity contribution in [3.05, 3.63) is 54.2 Å². The fourth-order valence-corrected chi connectivity index (χ4v) is 3.58. The second-order valence-corrected chi connectivity index (χ2v) is 7.48. The van der Waals surface area contributed by atoms with E-state index in [1.54, 1.807) is 34.9 Å². The molecule has 2 aromatic heterocycles. The lowest BCUT2D eigenvalue weighted by Gasteiger charge is -2.14. The molecule has 0 radical (unpaired) electrons. The van der Waals surface area contributed by atoms with Crippen LogP contribution < -0.4 is 15.5 Å². The van der Waals surface area contributed by atoms with E-state index in [0.717, 1.165) is 0 Å². The number of aromatic nitrogens is 2. The molecule has 4 rings (SSSR count). The summed E-state index contributed by atoms with van der Waals surface area (Å²) in [6.45, 7) is 1.70. The van der Waals surface area contributed by atoms with E-state index in [1.807, 2.05) is 0 Å². The smallest absolute Gasteiger partial charge is 0.414 e. The van der Waals surface area contributed by atoms with Crippen LogP contribution in [0.3, 0.4) is 0 Å². The van der Waals surface area contributed by atoms with Crippen LogP contribution in [-0.2, 0) is 9.53 Å². The van der Waals surface area contributed by atoms with Gasteiger partial charge in [0.05, 0.1) is 31.6 Å². The van der Waals surface area contributed by atoms with Crippen LogP contribution in [0.25, 0.3) is 16.8 Å². The quantitative estimate of drug-likeness (QED) is 0.494. The predicted molar refractivity (Wildman–Crippen MR) is 116 cm³/mol. The summed E-state index contributed by atoms with van der Waals surface area (Å²) in [7, 11) is 0. The summed E-state index contributed by atoms with van der Waals surface area (Å²) in [4.78, 5) is 40.9. The number of nitrogens with one attached hydrogen (secondary N) is 2. The van der Waals surface area contributed by atoms with Crippen LogP contribution in [0, 0.1) is 5.82 Å². The minimum absolute atomic E-state index is 0.125. The topological polar surface area (TPSA) is 125 Å². The Morgan fingerprint density at radius 1 is 1.27 bits per heavy atom. The van der Waals surface area contributed by atoms with Gasteiger partial charge in [0.2, 0.25) is 5.91 Å². The number of rotatable bonds is 7. The third-order valence-corrected chi connectivity index (χ3v) is 5.17. The van der Waals surface area contributed by atoms with Crippen molar-refractivity contribution in [2.24, 2.45) is 0 Å². The van der Waals surface area contributed by atoms with E-state index in [-0.39, 0.29) is 38.1 Å². The highest BCUT2D eigenvalue weighted by Gasteiger charge is 2.32. The molecule has 0 spiro atoms. The molecule has 1 atom stereocenters. The van der Waals surface area contributed by atoms with E-state index < -0.39 is 18.0 Å². The van der Waals surface area contributed by atoms with Crippen LogP contribution in [0.2, 0.25) is 0 Å². The number of carbonyl (C=O) groups is 3. The van der Waals surface area contributed by atoms with E-state index in [0.29, 0.717) is 28.2 Å². The van der Waals surface area contributed by atoms with Gasteiger partial charge >= 0.3 is 6.09 Å². The molecule has 1 fully saturated rings. The minimum Gasteiger partial charge on any atom is -0.442 e. The summed E-state index contributed by atoms with van der Waals surface area (Å²) in [5.41, 5.74) is 1.94. The summed E-state index contributed by atoms with van der Waals surface area (Å²) in [6, 6.07) is 7.73. The van der Waals surface area contributed by atoms with Gasteiger partial charge in [0.25, 0.3) is 5.91 Å². The Hall–Kier alpha value is -3.99. The molecule has 172 valence electrons. The van der Waals surface area contributed by atoms with Crippen LogP contribution in [0.15, 0.2) is 42.7 Å². The van der Waals surface area contributed by atoms with Crippen molar-refractivity contribution in [3.63, 3.8) is 0 Å². The number of aliphatic hydroxyl groups excluding tert-OH is 1. The summed E-state index contributed by atoms with van der Waals surface area (Å²) >= 11 is 0. The van der Waals surface area contributed by atoms with Gasteiger partial charge in [-0.25, -0.2) is 14.2 Å². The lowest BCUT2D eigenvalue weighted by molar-refractivity contribution is -0.119. The highest BCUT2D eigenvalue weighted by atomic mass is 19.1. The van der Waals surface area contributed by atoms with Crippen LogP contribution >= 0.6 is 0 Å². The van der Waals surface area contributed by atoms with Crippen molar-refractivity contribution < 1.29 is 28.6 Å². The first-order valence-electron chi connectivity index (χ1n) is 10.3. The third kappa shape index (κ3) is 4.62. The van der Waals surface area contributed by atoms with E-state index >= 15 is 0 Å². The van der Waals surface area contributed by atoms with Gasteiger partial charge < -0.3 is 20.5 Å². The maximum absolute atomic E-state index is 15.0. The molecule has 3 N–H and O–H groups in total. The molecule has 1 saturated heterocycles. The molecule has 0 saturated carbocycles. The Morgan fingerprint density at radius 2 is 2.09 bits per heavy atom. The van der Waals surface area contributed by atoms with E-state index in [4.69, 9.17) is 9.84 Å². The maximum atomic E-state index is 15.0. The Labute approximate surface area is 188 Å². The first-order valence-corrected chi connectivity index (χ1v) is 10.3. The number of benzene rings is 1. The van der Waals surface area contributed by atoms with E-state index in [1.165, 1.54) is 24.1 Å². The maximum Gasteiger partial charge on any atom is 0.414 e. The van der Waals surface area contributed by atoms with Gasteiger partial charge in [-0.3, -0.25) is 18.9 Å². The fraction of sp³-hybridized carbons (Fsp3) is 0.273. The zero-order valence-electron chi connectivity index (χ0n) is 17.7. The molecule has 11 heteroatoms. The van der Waals surface area contributed by atoms with Crippen molar-refractivity contribution >= 4 is 29.2 Å². The van der Waals surface area contributed by atoms with Crippen LogP contribution in [0.1, 0.15) is 17.4 Å². The van der Waals surface area contributed by atoms with Gasteiger partial charge in [-0.15, -0.1) is 0 Å². The largest absolute Gasteiger partial charge is 0.442 e. The Balaban J connectivity index is 1.54. The van der Waals surface area contributed by atoms with Crippen molar-refractivity contribution in [2.45, 2.75) is 13.0 Å². The van der Waals surface area contributed by atoms with E-state index in [9.17, 15) is 18.8 Å². The number of halogens is 1. The number of hydrogen-bond acceptors (Lipinski definition) is 6. The fourth-order valence-electron chi connectivity index (χ4n) is 3.58. The molecule has 1 aliphatic heterocycles. The van der Waals surface area contributed by atoms with Gasteiger partial charge in [0.15, 0.2) is 0 Å².